The number of anilines is 1. The fraction of sp³-hybridized carbons (Fsp3) is 0.308. The Labute approximate surface area is 247 Å². The number of aliphatic carboxylic acids is 1. The van der Waals surface area contributed by atoms with Crippen molar-refractivity contribution >= 4 is 70.2 Å². The van der Waals surface area contributed by atoms with Gasteiger partial charge in [-0.25, -0.2) is 14.6 Å². The molecule has 0 spiro atoms. The number of fused-ring (bicyclic) bond motifs is 1. The summed E-state index contributed by atoms with van der Waals surface area (Å²) in [6.45, 7) is 4.43. The number of carbonyl (C=O) groups is 5. The van der Waals surface area contributed by atoms with Crippen molar-refractivity contribution in [2.24, 2.45) is 5.16 Å². The van der Waals surface area contributed by atoms with Gasteiger partial charge in [0.15, 0.2) is 10.8 Å². The number of esters is 1. The van der Waals surface area contributed by atoms with Gasteiger partial charge in [-0.1, -0.05) is 17.3 Å². The van der Waals surface area contributed by atoms with Gasteiger partial charge in [0.2, 0.25) is 13.0 Å². The zero-order chi connectivity index (χ0) is 30.4. The number of thiazole rings is 1. The van der Waals surface area contributed by atoms with Crippen LogP contribution in [0.3, 0.4) is 0 Å². The van der Waals surface area contributed by atoms with Crippen LogP contribution in [-0.2, 0) is 33.5 Å². The Bertz CT molecular complexity index is 1480. The zero-order valence-electron chi connectivity index (χ0n) is 22.6. The molecular formula is C26H26N6O8S2. The second-order valence-electron chi connectivity index (χ2n) is 9.73. The SMILES string of the molecule is CC(C)(C)OC(=O)CO/N=C(\C(=O)NC1C(=O)N2C(C(=O)O)=C(/C=C/c3ccccn3)CS[C@H]12)c1csc(NC=O)n1. The smallest absolute Gasteiger partial charge is 0.352 e. The average Bonchev–Trinajstić information content (AvgIpc) is 3.40. The summed E-state index contributed by atoms with van der Waals surface area (Å²) in [5.74, 6) is -3.23. The van der Waals surface area contributed by atoms with Crippen molar-refractivity contribution in [3.05, 3.63) is 58.5 Å². The van der Waals surface area contributed by atoms with E-state index in [0.717, 1.165) is 16.2 Å². The lowest BCUT2D eigenvalue weighted by Gasteiger charge is -2.49. The maximum absolute atomic E-state index is 13.3. The third-order valence-electron chi connectivity index (χ3n) is 5.53. The summed E-state index contributed by atoms with van der Waals surface area (Å²) in [4.78, 5) is 75.8. The summed E-state index contributed by atoms with van der Waals surface area (Å²) in [6.07, 6.45) is 5.28. The fourth-order valence-electron chi connectivity index (χ4n) is 3.87. The molecule has 3 N–H and O–H groups in total. The van der Waals surface area contributed by atoms with Gasteiger partial charge < -0.3 is 25.3 Å². The highest BCUT2D eigenvalue weighted by atomic mass is 32.2. The first-order chi connectivity index (χ1) is 20.0. The lowest BCUT2D eigenvalue weighted by molar-refractivity contribution is -0.160. The van der Waals surface area contributed by atoms with Crippen molar-refractivity contribution in [1.82, 2.24) is 20.2 Å². The molecule has 0 radical (unpaired) electrons. The molecule has 0 aromatic carbocycles. The van der Waals surface area contributed by atoms with Gasteiger partial charge in [-0.05, 0) is 44.6 Å². The Morgan fingerprint density at radius 1 is 1.26 bits per heavy atom. The normalized spacial score (nSPS) is 18.7. The van der Waals surface area contributed by atoms with Crippen LogP contribution in [0.15, 0.2) is 52.3 Å². The topological polar surface area (TPSA) is 189 Å². The van der Waals surface area contributed by atoms with Crippen LogP contribution < -0.4 is 10.6 Å². The molecule has 0 aliphatic carbocycles. The third-order valence-corrected chi connectivity index (χ3v) is 7.61. The van der Waals surface area contributed by atoms with Gasteiger partial charge in [0.1, 0.15) is 28.4 Å². The number of thioether (sulfide) groups is 1. The van der Waals surface area contributed by atoms with E-state index >= 15 is 0 Å². The van der Waals surface area contributed by atoms with Crippen molar-refractivity contribution in [3.8, 4) is 0 Å². The summed E-state index contributed by atoms with van der Waals surface area (Å²) in [7, 11) is 0. The van der Waals surface area contributed by atoms with Crippen LogP contribution in [0.5, 0.6) is 0 Å². The quantitative estimate of drug-likeness (QED) is 0.110. The van der Waals surface area contributed by atoms with Gasteiger partial charge in [-0.3, -0.25) is 24.3 Å². The summed E-state index contributed by atoms with van der Waals surface area (Å²) in [5.41, 5.74) is -0.257. The summed E-state index contributed by atoms with van der Waals surface area (Å²) in [6, 6.07) is 4.24. The van der Waals surface area contributed by atoms with Crippen molar-refractivity contribution in [3.63, 3.8) is 0 Å². The predicted molar refractivity (Wildman–Crippen MR) is 153 cm³/mol. The van der Waals surface area contributed by atoms with E-state index in [-0.39, 0.29) is 28.0 Å². The molecule has 2 aromatic heterocycles. The summed E-state index contributed by atoms with van der Waals surface area (Å²) < 4.78 is 5.16. The third kappa shape index (κ3) is 7.19. The highest BCUT2D eigenvalue weighted by molar-refractivity contribution is 8.00. The number of nitrogens with one attached hydrogen (secondary N) is 2. The minimum atomic E-state index is -1.28. The largest absolute Gasteiger partial charge is 0.477 e. The number of carboxylic acids is 1. The minimum Gasteiger partial charge on any atom is -0.477 e. The molecule has 42 heavy (non-hydrogen) atoms. The number of carbonyl (C=O) groups excluding carboxylic acids is 4. The van der Waals surface area contributed by atoms with Crippen LogP contribution in [0.2, 0.25) is 0 Å². The van der Waals surface area contributed by atoms with Crippen LogP contribution in [0.25, 0.3) is 6.08 Å². The Morgan fingerprint density at radius 3 is 2.71 bits per heavy atom. The summed E-state index contributed by atoms with van der Waals surface area (Å²) >= 11 is 2.29. The molecule has 14 nitrogen and oxygen atoms in total. The van der Waals surface area contributed by atoms with E-state index in [4.69, 9.17) is 9.57 Å². The number of oxime groups is 1. The van der Waals surface area contributed by atoms with Crippen molar-refractivity contribution in [2.75, 3.05) is 17.7 Å². The number of β-lactam (4-membered cyclic amide) rings is 1. The molecule has 4 heterocycles. The molecule has 16 heteroatoms. The first-order valence-corrected chi connectivity index (χ1v) is 14.3. The zero-order valence-corrected chi connectivity index (χ0v) is 24.2. The Kier molecular flexibility index (Phi) is 9.37. The van der Waals surface area contributed by atoms with E-state index in [2.05, 4.69) is 25.8 Å². The maximum atomic E-state index is 13.3. The molecule has 1 unspecified atom stereocenters. The van der Waals surface area contributed by atoms with Gasteiger partial charge in [0, 0.05) is 17.3 Å². The molecule has 2 aliphatic heterocycles. The van der Waals surface area contributed by atoms with Gasteiger partial charge >= 0.3 is 11.9 Å². The van der Waals surface area contributed by atoms with E-state index in [0.29, 0.717) is 17.7 Å². The average molecular weight is 615 g/mol. The molecule has 4 rings (SSSR count). The minimum absolute atomic E-state index is 0.0130. The van der Waals surface area contributed by atoms with Crippen LogP contribution in [-0.4, -0.2) is 85.2 Å². The standard InChI is InChI=1S/C26H26N6O8S2/c1-26(2,3)40-17(34)10-39-31-18(16-12-42-25(29-16)28-13-33)21(35)30-19-22(36)32-20(24(37)38)14(11-41-23(19)32)7-8-15-6-4-5-9-27-15/h4-9,12-13,19,23H,10-11H2,1-3H3,(H,30,35)(H,37,38)(H,28,29,33)/b8-7+,31-18-/t19?,23-/m1/s1. The first-order valence-electron chi connectivity index (χ1n) is 12.4. The van der Waals surface area contributed by atoms with Crippen LogP contribution in [0, 0.1) is 0 Å². The molecule has 2 aliphatic rings. The Hall–Kier alpha value is -4.57. The molecule has 1 fully saturated rings. The number of pyridine rings is 1. The lowest BCUT2D eigenvalue weighted by Crippen LogP contribution is -2.71. The number of hydrogen-bond donors (Lipinski definition) is 3. The van der Waals surface area contributed by atoms with E-state index in [1.165, 1.54) is 17.1 Å². The predicted octanol–water partition coefficient (Wildman–Crippen LogP) is 1.62. The Balaban J connectivity index is 1.51. The van der Waals surface area contributed by atoms with Gasteiger partial charge in [0.25, 0.3) is 11.8 Å². The first kappa shape index (κ1) is 30.4. The van der Waals surface area contributed by atoms with E-state index < -0.39 is 47.4 Å². The van der Waals surface area contributed by atoms with Gasteiger partial charge in [-0.15, -0.1) is 23.1 Å². The fourth-order valence-corrected chi connectivity index (χ4v) is 5.84. The van der Waals surface area contributed by atoms with E-state index in [1.54, 1.807) is 57.3 Å². The number of amides is 3. The van der Waals surface area contributed by atoms with Crippen molar-refractivity contribution < 1.29 is 38.7 Å². The number of allylic oxidation sites excluding steroid dienone is 1. The second kappa shape index (κ2) is 12.9. The highest BCUT2D eigenvalue weighted by Gasteiger charge is 2.54. The van der Waals surface area contributed by atoms with Gasteiger partial charge in [0.05, 0.1) is 5.69 Å². The maximum Gasteiger partial charge on any atom is 0.352 e. The van der Waals surface area contributed by atoms with Crippen molar-refractivity contribution in [2.45, 2.75) is 37.8 Å². The highest BCUT2D eigenvalue weighted by Crippen LogP contribution is 2.40. The van der Waals surface area contributed by atoms with Crippen LogP contribution in [0.1, 0.15) is 32.2 Å². The molecular weight excluding hydrogens is 588 g/mol. The van der Waals surface area contributed by atoms with Crippen molar-refractivity contribution in [1.29, 1.82) is 0 Å². The molecule has 2 aromatic rings. The van der Waals surface area contributed by atoms with E-state index in [1.807, 2.05) is 0 Å². The monoisotopic (exact) mass is 614 g/mol. The number of aromatic nitrogens is 2. The number of ether oxygens (including phenoxy) is 1. The number of carboxylic acid groups (broad SMARTS) is 1. The number of rotatable bonds is 11. The second-order valence-corrected chi connectivity index (χ2v) is 11.7. The number of nitrogens with zero attached hydrogens (tertiary/aromatic N) is 4. The molecule has 3 amide bonds. The summed E-state index contributed by atoms with van der Waals surface area (Å²) in [5, 5.41) is 19.5. The molecule has 0 saturated carbocycles. The molecule has 2 atom stereocenters. The number of hydrogen-bond acceptors (Lipinski definition) is 12. The van der Waals surface area contributed by atoms with Crippen LogP contribution >= 0.6 is 23.1 Å². The molecule has 220 valence electrons. The van der Waals surface area contributed by atoms with Crippen LogP contribution in [0.4, 0.5) is 5.13 Å². The van der Waals surface area contributed by atoms with E-state index in [9.17, 15) is 29.1 Å². The lowest BCUT2D eigenvalue weighted by atomic mass is 10.0. The molecule has 0 bridgehead atoms. The molecule has 1 saturated heterocycles. The van der Waals surface area contributed by atoms with Gasteiger partial charge in [-0.2, -0.15) is 0 Å². The Morgan fingerprint density at radius 2 is 2.05 bits per heavy atom.